The molecule has 3 rings (SSSR count). The van der Waals surface area contributed by atoms with Gasteiger partial charge in [-0.15, -0.1) is 0 Å². The predicted octanol–water partition coefficient (Wildman–Crippen LogP) is 3.43. The molecule has 0 aliphatic carbocycles. The molecule has 7 heteroatoms. The minimum absolute atomic E-state index is 0.163. The Kier molecular flexibility index (Phi) is 4.90. The minimum Gasteiger partial charge on any atom is -0.370 e. The van der Waals surface area contributed by atoms with Crippen molar-refractivity contribution in [3.63, 3.8) is 0 Å². The second kappa shape index (κ2) is 7.11. The van der Waals surface area contributed by atoms with Crippen molar-refractivity contribution < 1.29 is 14.0 Å². The van der Waals surface area contributed by atoms with E-state index in [0.29, 0.717) is 5.69 Å². The highest BCUT2D eigenvalue weighted by atomic mass is 35.5. The second-order valence-electron chi connectivity index (χ2n) is 5.87. The summed E-state index contributed by atoms with van der Waals surface area (Å²) in [7, 11) is 0. The van der Waals surface area contributed by atoms with Crippen LogP contribution in [0.25, 0.3) is 0 Å². The third-order valence-corrected chi connectivity index (χ3v) is 4.38. The average molecular weight is 362 g/mol. The zero-order chi connectivity index (χ0) is 18.0. The van der Waals surface area contributed by atoms with Crippen molar-refractivity contribution in [2.24, 2.45) is 5.73 Å². The van der Waals surface area contributed by atoms with Crippen molar-refractivity contribution in [3.8, 4) is 0 Å². The molecule has 0 aromatic heterocycles. The lowest BCUT2D eigenvalue weighted by atomic mass is 10.1. The van der Waals surface area contributed by atoms with Crippen LogP contribution in [0.1, 0.15) is 33.6 Å². The fraction of sp³-hybridized carbons (Fsp3) is 0.222. The maximum absolute atomic E-state index is 13.9. The first-order valence-corrected chi connectivity index (χ1v) is 8.28. The average Bonchev–Trinajstić information content (AvgIpc) is 3.11. The van der Waals surface area contributed by atoms with Gasteiger partial charge in [-0.2, -0.15) is 0 Å². The topological polar surface area (TPSA) is 75.4 Å². The number of hydrogen-bond acceptors (Lipinski definition) is 3. The van der Waals surface area contributed by atoms with Gasteiger partial charge in [0, 0.05) is 23.7 Å². The Labute approximate surface area is 149 Å². The summed E-state index contributed by atoms with van der Waals surface area (Å²) in [5, 5.41) is 2.94. The molecule has 1 heterocycles. The number of halogens is 2. The minimum atomic E-state index is -0.671. The summed E-state index contributed by atoms with van der Waals surface area (Å²) in [6, 6.07) is 8.65. The largest absolute Gasteiger partial charge is 0.370 e. The summed E-state index contributed by atoms with van der Waals surface area (Å²) in [6.45, 7) is 1.70. The van der Waals surface area contributed by atoms with E-state index < -0.39 is 17.6 Å². The zero-order valence-electron chi connectivity index (χ0n) is 13.4. The van der Waals surface area contributed by atoms with Crippen molar-refractivity contribution >= 4 is 34.8 Å². The van der Waals surface area contributed by atoms with Crippen LogP contribution < -0.4 is 16.0 Å². The Balaban J connectivity index is 1.96. The first-order valence-electron chi connectivity index (χ1n) is 7.91. The number of nitrogens with one attached hydrogen (secondary N) is 1. The summed E-state index contributed by atoms with van der Waals surface area (Å²) in [5.41, 5.74) is 6.63. The number of primary amides is 1. The molecule has 3 N–H and O–H groups in total. The molecule has 25 heavy (non-hydrogen) atoms. The van der Waals surface area contributed by atoms with E-state index in [-0.39, 0.29) is 16.1 Å². The first kappa shape index (κ1) is 17.2. The summed E-state index contributed by atoms with van der Waals surface area (Å²) >= 11 is 5.85. The van der Waals surface area contributed by atoms with Crippen molar-refractivity contribution in [2.45, 2.75) is 12.8 Å². The van der Waals surface area contributed by atoms with E-state index in [0.717, 1.165) is 37.7 Å². The molecule has 0 spiro atoms. The fourth-order valence-corrected chi connectivity index (χ4v) is 3.06. The monoisotopic (exact) mass is 361 g/mol. The van der Waals surface area contributed by atoms with E-state index in [1.807, 2.05) is 0 Å². The van der Waals surface area contributed by atoms with Gasteiger partial charge in [-0.05, 0) is 49.2 Å². The Morgan fingerprint density at radius 2 is 1.84 bits per heavy atom. The molecule has 0 atom stereocenters. The molecular formula is C18H17ClFN3O2. The maximum Gasteiger partial charge on any atom is 0.258 e. The van der Waals surface area contributed by atoms with Crippen LogP contribution in [0.5, 0.6) is 0 Å². The van der Waals surface area contributed by atoms with Gasteiger partial charge in [-0.25, -0.2) is 4.39 Å². The molecule has 0 unspecified atom stereocenters. The molecule has 1 fully saturated rings. The number of carbonyl (C=O) groups excluding carboxylic acids is 2. The van der Waals surface area contributed by atoms with Crippen LogP contribution in [-0.2, 0) is 0 Å². The molecule has 130 valence electrons. The number of hydrogen-bond donors (Lipinski definition) is 2. The molecule has 0 radical (unpaired) electrons. The lowest BCUT2D eigenvalue weighted by Gasteiger charge is -2.22. The summed E-state index contributed by atoms with van der Waals surface area (Å²) in [6.07, 6.45) is 2.10. The van der Waals surface area contributed by atoms with Gasteiger partial charge in [0.15, 0.2) is 0 Å². The smallest absolute Gasteiger partial charge is 0.258 e. The second-order valence-corrected chi connectivity index (χ2v) is 6.31. The number of carbonyl (C=O) groups is 2. The van der Waals surface area contributed by atoms with Gasteiger partial charge in [-0.3, -0.25) is 9.59 Å². The summed E-state index contributed by atoms with van der Waals surface area (Å²) in [5.74, 6) is -1.91. The standard InChI is InChI=1S/C18H17ClFN3O2/c19-12-4-5-14(20)13(10-12)18(25)22-15-9-11(17(21)24)3-6-16(15)23-7-1-2-8-23/h3-6,9-10H,1-2,7-8H2,(H2,21,24)(H,22,25). The van der Waals surface area contributed by atoms with E-state index in [1.165, 1.54) is 18.2 Å². The number of nitrogens with zero attached hydrogens (tertiary/aromatic N) is 1. The van der Waals surface area contributed by atoms with Crippen LogP contribution in [0, 0.1) is 5.82 Å². The van der Waals surface area contributed by atoms with Gasteiger partial charge in [0.2, 0.25) is 5.91 Å². The SMILES string of the molecule is NC(=O)c1ccc(N2CCCC2)c(NC(=O)c2cc(Cl)ccc2F)c1. The van der Waals surface area contributed by atoms with E-state index in [2.05, 4.69) is 10.2 Å². The van der Waals surface area contributed by atoms with Crippen molar-refractivity contribution in [1.29, 1.82) is 0 Å². The van der Waals surface area contributed by atoms with Gasteiger partial charge >= 0.3 is 0 Å². The lowest BCUT2D eigenvalue weighted by Crippen LogP contribution is -2.22. The Bertz CT molecular complexity index is 835. The molecule has 2 aromatic rings. The van der Waals surface area contributed by atoms with E-state index >= 15 is 0 Å². The van der Waals surface area contributed by atoms with Gasteiger partial charge in [-0.1, -0.05) is 11.6 Å². The van der Waals surface area contributed by atoms with Crippen molar-refractivity contribution in [1.82, 2.24) is 0 Å². The molecule has 0 bridgehead atoms. The number of rotatable bonds is 4. The van der Waals surface area contributed by atoms with E-state index in [9.17, 15) is 14.0 Å². The van der Waals surface area contributed by atoms with Crippen LogP contribution >= 0.6 is 11.6 Å². The van der Waals surface area contributed by atoms with Crippen molar-refractivity contribution in [3.05, 3.63) is 58.4 Å². The third-order valence-electron chi connectivity index (χ3n) is 4.15. The number of amides is 2. The van der Waals surface area contributed by atoms with Crippen LogP contribution in [0.15, 0.2) is 36.4 Å². The maximum atomic E-state index is 13.9. The van der Waals surface area contributed by atoms with Crippen molar-refractivity contribution in [2.75, 3.05) is 23.3 Å². The Morgan fingerprint density at radius 3 is 2.52 bits per heavy atom. The van der Waals surface area contributed by atoms with Crippen LogP contribution in [0.2, 0.25) is 5.02 Å². The molecule has 2 amide bonds. The van der Waals surface area contributed by atoms with Crippen LogP contribution in [-0.4, -0.2) is 24.9 Å². The fourth-order valence-electron chi connectivity index (χ4n) is 2.88. The van der Waals surface area contributed by atoms with Gasteiger partial charge in [0.1, 0.15) is 5.82 Å². The highest BCUT2D eigenvalue weighted by molar-refractivity contribution is 6.31. The van der Waals surface area contributed by atoms with Crippen LogP contribution in [0.4, 0.5) is 15.8 Å². The number of benzene rings is 2. The summed E-state index contributed by atoms with van der Waals surface area (Å²) in [4.78, 5) is 26.1. The molecule has 0 saturated carbocycles. The molecule has 1 aliphatic rings. The normalized spacial score (nSPS) is 13.8. The molecule has 1 saturated heterocycles. The van der Waals surface area contributed by atoms with E-state index in [4.69, 9.17) is 17.3 Å². The summed E-state index contributed by atoms with van der Waals surface area (Å²) < 4.78 is 13.9. The van der Waals surface area contributed by atoms with Gasteiger partial charge < -0.3 is 16.0 Å². The highest BCUT2D eigenvalue weighted by Crippen LogP contribution is 2.30. The van der Waals surface area contributed by atoms with Crippen LogP contribution in [0.3, 0.4) is 0 Å². The van der Waals surface area contributed by atoms with E-state index in [1.54, 1.807) is 12.1 Å². The number of nitrogens with two attached hydrogens (primary N) is 1. The highest BCUT2D eigenvalue weighted by Gasteiger charge is 2.20. The third kappa shape index (κ3) is 3.74. The first-order chi connectivity index (χ1) is 12.0. The van der Waals surface area contributed by atoms with Gasteiger partial charge in [0.05, 0.1) is 16.9 Å². The molecule has 5 nitrogen and oxygen atoms in total. The Hall–Kier alpha value is -2.60. The van der Waals surface area contributed by atoms with Gasteiger partial charge in [0.25, 0.3) is 5.91 Å². The quantitative estimate of drug-likeness (QED) is 0.876. The molecule has 2 aromatic carbocycles. The predicted molar refractivity (Wildman–Crippen MR) is 95.8 cm³/mol. The number of anilines is 2. The lowest BCUT2D eigenvalue weighted by molar-refractivity contribution is 0.0995. The molecule has 1 aliphatic heterocycles. The zero-order valence-corrected chi connectivity index (χ0v) is 14.1. The Morgan fingerprint density at radius 1 is 1.12 bits per heavy atom. The molecular weight excluding hydrogens is 345 g/mol.